The zero-order chi connectivity index (χ0) is 32.8. The minimum atomic E-state index is -0.676. The molecular weight excluding hydrogens is 596 g/mol. The maximum atomic E-state index is 12.4. The Hall–Kier alpha value is -4.75. The molecule has 0 aliphatic carbocycles. The molecule has 0 aliphatic rings. The standard InChI is InChI=1S/C31H41ClN10O3/c32-26-28(35)41-27(34)25(40-26)30(45)42-31(37)38-18-4-2-5-19-7-12-21(13-8-19)22-14-9-20(10-15-22)11-16-24(43)39-23(29(36)44)6-1-3-17-33/h7-10,12-15,23H,1-6,11,16-18,33H2,(H2,36,44)(H,39,43)(H4,34,35,41)(H3,37,38,42,45)/t23-/m0/s1. The molecule has 13 nitrogen and oxygen atoms in total. The van der Waals surface area contributed by atoms with Crippen molar-refractivity contribution in [1.82, 2.24) is 20.6 Å². The average molecular weight is 637 g/mol. The van der Waals surface area contributed by atoms with Crippen molar-refractivity contribution in [1.29, 1.82) is 0 Å². The Morgan fingerprint density at radius 1 is 0.822 bits per heavy atom. The number of guanidine groups is 1. The lowest BCUT2D eigenvalue weighted by Gasteiger charge is -2.15. The number of nitrogen functional groups attached to an aromatic ring is 2. The topological polar surface area (TPSA) is 244 Å². The fourth-order valence-electron chi connectivity index (χ4n) is 4.49. The van der Waals surface area contributed by atoms with Crippen molar-refractivity contribution in [2.24, 2.45) is 22.2 Å². The first-order chi connectivity index (χ1) is 21.6. The predicted octanol–water partition coefficient (Wildman–Crippen LogP) is 2.06. The van der Waals surface area contributed by atoms with Gasteiger partial charge in [0, 0.05) is 13.0 Å². The third-order valence-electron chi connectivity index (χ3n) is 7.02. The zero-order valence-corrected chi connectivity index (χ0v) is 25.9. The van der Waals surface area contributed by atoms with Gasteiger partial charge in [-0.2, -0.15) is 0 Å². The summed E-state index contributed by atoms with van der Waals surface area (Å²) in [6.07, 6.45) is 5.35. The molecule has 0 radical (unpaired) electrons. The molecule has 0 fully saturated rings. The third-order valence-corrected chi connectivity index (χ3v) is 7.30. The van der Waals surface area contributed by atoms with E-state index in [1.807, 2.05) is 24.3 Å². The zero-order valence-electron chi connectivity index (χ0n) is 25.1. The molecule has 1 atom stereocenters. The molecule has 1 heterocycles. The molecule has 3 aromatic rings. The molecule has 45 heavy (non-hydrogen) atoms. The van der Waals surface area contributed by atoms with Crippen molar-refractivity contribution < 1.29 is 14.4 Å². The van der Waals surface area contributed by atoms with Crippen LogP contribution in [0.1, 0.15) is 60.1 Å². The van der Waals surface area contributed by atoms with Gasteiger partial charge < -0.3 is 34.0 Å². The van der Waals surface area contributed by atoms with E-state index >= 15 is 0 Å². The summed E-state index contributed by atoms with van der Waals surface area (Å²) in [7, 11) is 0. The fraction of sp³-hybridized carbons (Fsp3) is 0.355. The molecule has 0 aliphatic heterocycles. The fourth-order valence-corrected chi connectivity index (χ4v) is 4.62. The van der Waals surface area contributed by atoms with E-state index in [0.717, 1.165) is 48.8 Å². The third kappa shape index (κ3) is 11.4. The number of amides is 3. The SMILES string of the molecule is NCCCC[C@H](NC(=O)CCc1ccc(-c2ccc(CCCCN=C(N)NC(=O)c3nc(Cl)c(N)nc3N)cc2)cc1)C(N)=O. The number of anilines is 2. The van der Waals surface area contributed by atoms with Crippen LogP contribution in [0.25, 0.3) is 11.1 Å². The average Bonchev–Trinajstić information content (AvgIpc) is 3.01. The Kier molecular flexibility index (Phi) is 13.5. The van der Waals surface area contributed by atoms with Gasteiger partial charge >= 0.3 is 0 Å². The lowest BCUT2D eigenvalue weighted by Crippen LogP contribution is -2.44. The van der Waals surface area contributed by atoms with Crippen molar-refractivity contribution in [2.75, 3.05) is 24.6 Å². The van der Waals surface area contributed by atoms with E-state index < -0.39 is 17.9 Å². The van der Waals surface area contributed by atoms with Gasteiger partial charge in [-0.3, -0.25) is 24.7 Å². The van der Waals surface area contributed by atoms with Crippen LogP contribution in [-0.2, 0) is 22.4 Å². The van der Waals surface area contributed by atoms with Crippen molar-refractivity contribution >= 4 is 46.9 Å². The van der Waals surface area contributed by atoms with Gasteiger partial charge in [0.2, 0.25) is 11.8 Å². The normalized spacial score (nSPS) is 12.0. The van der Waals surface area contributed by atoms with Crippen molar-refractivity contribution in [2.45, 2.75) is 57.4 Å². The van der Waals surface area contributed by atoms with Crippen LogP contribution in [0.2, 0.25) is 5.15 Å². The quantitative estimate of drug-likeness (QED) is 0.0690. The number of nitrogens with zero attached hydrogens (tertiary/aromatic N) is 3. The highest BCUT2D eigenvalue weighted by Gasteiger charge is 2.18. The van der Waals surface area contributed by atoms with E-state index in [2.05, 4.69) is 49.9 Å². The van der Waals surface area contributed by atoms with E-state index in [4.69, 9.17) is 40.3 Å². The number of benzene rings is 2. The largest absolute Gasteiger partial charge is 0.382 e. The van der Waals surface area contributed by atoms with Crippen LogP contribution in [0.3, 0.4) is 0 Å². The van der Waals surface area contributed by atoms with Gasteiger partial charge in [-0.05, 0) is 73.7 Å². The number of aromatic nitrogens is 2. The molecule has 2 aromatic carbocycles. The number of unbranched alkanes of at least 4 members (excludes halogenated alkanes) is 2. The Labute approximate surface area is 267 Å². The predicted molar refractivity (Wildman–Crippen MR) is 177 cm³/mol. The van der Waals surface area contributed by atoms with Gasteiger partial charge in [-0.1, -0.05) is 60.1 Å². The Morgan fingerprint density at radius 3 is 2.04 bits per heavy atom. The molecule has 14 heteroatoms. The molecule has 0 saturated heterocycles. The van der Waals surface area contributed by atoms with Gasteiger partial charge in [0.15, 0.2) is 28.4 Å². The van der Waals surface area contributed by atoms with Crippen molar-refractivity contribution in [3.05, 3.63) is 70.5 Å². The summed E-state index contributed by atoms with van der Waals surface area (Å²) in [6.45, 7) is 0.970. The summed E-state index contributed by atoms with van der Waals surface area (Å²) in [5.74, 6) is -1.69. The number of carbonyl (C=O) groups is 3. The number of hydrogen-bond donors (Lipinski definition) is 7. The lowest BCUT2D eigenvalue weighted by molar-refractivity contribution is -0.127. The summed E-state index contributed by atoms with van der Waals surface area (Å²) in [6, 6.07) is 15.8. The summed E-state index contributed by atoms with van der Waals surface area (Å²) in [5.41, 5.74) is 32.1. The van der Waals surface area contributed by atoms with E-state index in [1.54, 1.807) is 0 Å². The smallest absolute Gasteiger partial charge is 0.280 e. The Balaban J connectivity index is 1.39. The number of primary amides is 1. The minimum Gasteiger partial charge on any atom is -0.382 e. The number of carbonyl (C=O) groups excluding carboxylic acids is 3. The highest BCUT2D eigenvalue weighted by molar-refractivity contribution is 6.31. The number of nitrogens with two attached hydrogens (primary N) is 5. The van der Waals surface area contributed by atoms with Crippen molar-refractivity contribution in [3.63, 3.8) is 0 Å². The first-order valence-electron chi connectivity index (χ1n) is 14.7. The Bertz CT molecular complexity index is 1480. The summed E-state index contributed by atoms with van der Waals surface area (Å²) >= 11 is 5.81. The second kappa shape index (κ2) is 17.5. The Morgan fingerprint density at radius 2 is 1.44 bits per heavy atom. The van der Waals surface area contributed by atoms with Crippen LogP contribution >= 0.6 is 11.6 Å². The van der Waals surface area contributed by atoms with E-state index in [0.29, 0.717) is 25.9 Å². The molecule has 3 amide bonds. The van der Waals surface area contributed by atoms with E-state index in [-0.39, 0.29) is 40.8 Å². The highest BCUT2D eigenvalue weighted by Crippen LogP contribution is 2.22. The van der Waals surface area contributed by atoms with Crippen LogP contribution in [0, 0.1) is 0 Å². The van der Waals surface area contributed by atoms with Gasteiger partial charge in [0.25, 0.3) is 5.91 Å². The maximum Gasteiger partial charge on any atom is 0.280 e. The second-order valence-electron chi connectivity index (χ2n) is 10.5. The first-order valence-corrected chi connectivity index (χ1v) is 15.1. The molecule has 0 bridgehead atoms. The molecule has 3 rings (SSSR count). The van der Waals surface area contributed by atoms with Crippen LogP contribution in [0.15, 0.2) is 53.5 Å². The van der Waals surface area contributed by atoms with Crippen LogP contribution in [0.4, 0.5) is 11.6 Å². The molecule has 0 spiro atoms. The van der Waals surface area contributed by atoms with Gasteiger partial charge in [-0.25, -0.2) is 9.97 Å². The van der Waals surface area contributed by atoms with Crippen LogP contribution in [0.5, 0.6) is 0 Å². The number of rotatable bonds is 16. The van der Waals surface area contributed by atoms with Gasteiger partial charge in [-0.15, -0.1) is 0 Å². The number of halogens is 1. The lowest BCUT2D eigenvalue weighted by atomic mass is 9.99. The number of aliphatic imine (C=N–C) groups is 1. The number of aryl methyl sites for hydroxylation is 2. The number of hydrogen-bond acceptors (Lipinski definition) is 9. The van der Waals surface area contributed by atoms with E-state index in [9.17, 15) is 14.4 Å². The molecular formula is C31H41ClN10O3. The summed E-state index contributed by atoms with van der Waals surface area (Å²) < 4.78 is 0. The van der Waals surface area contributed by atoms with Gasteiger partial charge in [0.1, 0.15) is 6.04 Å². The van der Waals surface area contributed by atoms with E-state index in [1.165, 1.54) is 5.56 Å². The second-order valence-corrected chi connectivity index (χ2v) is 10.9. The molecule has 12 N–H and O–H groups in total. The molecule has 0 saturated carbocycles. The molecule has 0 unspecified atom stereocenters. The maximum absolute atomic E-state index is 12.4. The van der Waals surface area contributed by atoms with Crippen LogP contribution < -0.4 is 39.3 Å². The van der Waals surface area contributed by atoms with Crippen molar-refractivity contribution in [3.8, 4) is 11.1 Å². The highest BCUT2D eigenvalue weighted by atomic mass is 35.5. The summed E-state index contributed by atoms with van der Waals surface area (Å²) in [5, 5.41) is 5.03. The van der Waals surface area contributed by atoms with Gasteiger partial charge in [0.05, 0.1) is 0 Å². The summed E-state index contributed by atoms with van der Waals surface area (Å²) in [4.78, 5) is 48.1. The van der Waals surface area contributed by atoms with Crippen LogP contribution in [-0.4, -0.2) is 52.8 Å². The minimum absolute atomic E-state index is 0.0569. The monoisotopic (exact) mass is 636 g/mol. The first kappa shape index (κ1) is 34.7. The molecule has 1 aromatic heterocycles. The number of nitrogens with one attached hydrogen (secondary N) is 2. The molecule has 240 valence electrons.